The molecule has 0 unspecified atom stereocenters. The predicted octanol–water partition coefficient (Wildman–Crippen LogP) is 5.91. The molecule has 1 heterocycles. The molecule has 2 amide bonds. The monoisotopic (exact) mass is 514 g/mol. The molecule has 0 atom stereocenters. The van der Waals surface area contributed by atoms with Crippen molar-refractivity contribution in [3.05, 3.63) is 64.6 Å². The molecule has 0 aliphatic carbocycles. The van der Waals surface area contributed by atoms with Crippen LogP contribution in [-0.4, -0.2) is 33.5 Å². The van der Waals surface area contributed by atoms with Gasteiger partial charge < -0.3 is 10.2 Å². The number of aromatic nitrogens is 2. The lowest BCUT2D eigenvalue weighted by Crippen LogP contribution is -2.33. The van der Waals surface area contributed by atoms with Crippen molar-refractivity contribution in [1.82, 2.24) is 15.1 Å². The van der Waals surface area contributed by atoms with Gasteiger partial charge in [0.15, 0.2) is 0 Å². The van der Waals surface area contributed by atoms with E-state index < -0.39 is 0 Å². The Morgan fingerprint density at radius 3 is 2.59 bits per heavy atom. The Morgan fingerprint density at radius 1 is 1.03 bits per heavy atom. The summed E-state index contributed by atoms with van der Waals surface area (Å²) in [5.74, 6) is -0.0932. The number of benzene rings is 2. The maximum Gasteiger partial charge on any atom is 0.227 e. The van der Waals surface area contributed by atoms with Gasteiger partial charge in [-0.25, -0.2) is 0 Å². The Labute approximate surface area is 201 Å². The number of amides is 2. The van der Waals surface area contributed by atoms with Gasteiger partial charge in [0, 0.05) is 36.0 Å². The molecule has 0 saturated carbocycles. The van der Waals surface area contributed by atoms with Crippen LogP contribution in [0.1, 0.15) is 44.6 Å². The Balaban J connectivity index is 1.57. The molecule has 6 nitrogen and oxygen atoms in total. The largest absolute Gasteiger partial charge is 0.338 e. The average molecular weight is 515 g/mol. The minimum Gasteiger partial charge on any atom is -0.338 e. The van der Waals surface area contributed by atoms with Crippen LogP contribution in [0.15, 0.2) is 59.1 Å². The van der Waals surface area contributed by atoms with Gasteiger partial charge in [-0.3, -0.25) is 9.59 Å². The van der Waals surface area contributed by atoms with Gasteiger partial charge in [-0.1, -0.05) is 89.5 Å². The molecule has 2 aromatic carbocycles. The van der Waals surface area contributed by atoms with Gasteiger partial charge in [0.05, 0.1) is 0 Å². The Kier molecular flexibility index (Phi) is 9.37. The van der Waals surface area contributed by atoms with Crippen molar-refractivity contribution < 1.29 is 9.59 Å². The van der Waals surface area contributed by atoms with Crippen molar-refractivity contribution in [3.8, 4) is 10.6 Å². The first-order valence-corrected chi connectivity index (χ1v) is 12.4. The summed E-state index contributed by atoms with van der Waals surface area (Å²) in [6.07, 6.45) is 3.68. The fourth-order valence-corrected chi connectivity index (χ4v) is 4.37. The van der Waals surface area contributed by atoms with E-state index in [1.54, 1.807) is 4.90 Å². The van der Waals surface area contributed by atoms with Crippen molar-refractivity contribution in [3.63, 3.8) is 0 Å². The minimum absolute atomic E-state index is 0.0861. The summed E-state index contributed by atoms with van der Waals surface area (Å²) in [5, 5.41) is 12.3. The molecular weight excluding hydrogens is 488 g/mol. The van der Waals surface area contributed by atoms with Crippen LogP contribution in [0.4, 0.5) is 5.13 Å². The molecule has 0 aliphatic rings. The molecule has 32 heavy (non-hydrogen) atoms. The lowest BCUT2D eigenvalue weighted by molar-refractivity contribution is -0.132. The number of halogens is 1. The normalized spacial score (nSPS) is 10.7. The van der Waals surface area contributed by atoms with E-state index in [1.165, 1.54) is 11.3 Å². The second-order valence-electron chi connectivity index (χ2n) is 7.48. The maximum atomic E-state index is 12.8. The van der Waals surface area contributed by atoms with Crippen LogP contribution in [0.25, 0.3) is 10.6 Å². The van der Waals surface area contributed by atoms with Crippen molar-refractivity contribution in [2.75, 3.05) is 11.9 Å². The van der Waals surface area contributed by atoms with Crippen LogP contribution in [0, 0.1) is 0 Å². The van der Waals surface area contributed by atoms with E-state index in [4.69, 9.17) is 0 Å². The Morgan fingerprint density at radius 2 is 1.84 bits per heavy atom. The van der Waals surface area contributed by atoms with E-state index in [0.29, 0.717) is 24.6 Å². The van der Waals surface area contributed by atoms with Gasteiger partial charge in [-0.05, 0) is 24.1 Å². The zero-order chi connectivity index (χ0) is 22.8. The first kappa shape index (κ1) is 24.1. The molecule has 0 radical (unpaired) electrons. The van der Waals surface area contributed by atoms with Crippen LogP contribution in [0.2, 0.25) is 0 Å². The molecule has 8 heteroatoms. The van der Waals surface area contributed by atoms with Gasteiger partial charge in [-0.15, -0.1) is 10.2 Å². The van der Waals surface area contributed by atoms with Gasteiger partial charge in [0.25, 0.3) is 0 Å². The van der Waals surface area contributed by atoms with E-state index >= 15 is 0 Å². The summed E-state index contributed by atoms with van der Waals surface area (Å²) >= 11 is 4.77. The molecule has 1 N–H and O–H groups in total. The second kappa shape index (κ2) is 12.5. The van der Waals surface area contributed by atoms with Crippen LogP contribution in [-0.2, 0) is 16.1 Å². The maximum absolute atomic E-state index is 12.8. The molecule has 0 fully saturated rings. The molecule has 168 valence electrons. The highest BCUT2D eigenvalue weighted by Crippen LogP contribution is 2.28. The molecule has 1 aromatic heterocycles. The Bertz CT molecular complexity index is 1030. The summed E-state index contributed by atoms with van der Waals surface area (Å²) < 4.78 is 0.956. The topological polar surface area (TPSA) is 75.2 Å². The lowest BCUT2D eigenvalue weighted by Gasteiger charge is -2.22. The molecule has 3 rings (SSSR count). The van der Waals surface area contributed by atoms with Crippen LogP contribution >= 0.6 is 27.3 Å². The van der Waals surface area contributed by atoms with Crippen LogP contribution in [0.3, 0.4) is 0 Å². The summed E-state index contributed by atoms with van der Waals surface area (Å²) in [6, 6.07) is 17.6. The number of nitrogens with one attached hydrogen (secondary N) is 1. The number of hydrogen-bond acceptors (Lipinski definition) is 5. The third-order valence-electron chi connectivity index (χ3n) is 4.91. The lowest BCUT2D eigenvalue weighted by atomic mass is 10.1. The average Bonchev–Trinajstić information content (AvgIpc) is 3.26. The quantitative estimate of drug-likeness (QED) is 0.323. The van der Waals surface area contributed by atoms with Crippen molar-refractivity contribution in [1.29, 1.82) is 0 Å². The van der Waals surface area contributed by atoms with Gasteiger partial charge >= 0.3 is 0 Å². The first-order valence-electron chi connectivity index (χ1n) is 10.8. The van der Waals surface area contributed by atoms with E-state index in [0.717, 1.165) is 39.9 Å². The smallest absolute Gasteiger partial charge is 0.227 e. The van der Waals surface area contributed by atoms with Crippen molar-refractivity contribution in [2.45, 2.75) is 45.6 Å². The van der Waals surface area contributed by atoms with Gasteiger partial charge in [0.2, 0.25) is 16.9 Å². The number of carbonyl (C=O) groups is 2. The van der Waals surface area contributed by atoms with Crippen LogP contribution in [0.5, 0.6) is 0 Å². The van der Waals surface area contributed by atoms with Crippen molar-refractivity contribution >= 4 is 44.2 Å². The SMILES string of the molecule is CCCCCC(=O)N(CCC(=O)Nc1nnc(-c2cccc(Br)c2)s1)Cc1ccccc1. The van der Waals surface area contributed by atoms with Gasteiger partial charge in [0.1, 0.15) is 5.01 Å². The van der Waals surface area contributed by atoms with E-state index in [-0.39, 0.29) is 18.2 Å². The fourth-order valence-electron chi connectivity index (χ4n) is 3.21. The number of anilines is 1. The third-order valence-corrected chi connectivity index (χ3v) is 6.30. The molecule has 0 bridgehead atoms. The highest BCUT2D eigenvalue weighted by Gasteiger charge is 2.16. The zero-order valence-corrected chi connectivity index (χ0v) is 20.5. The molecular formula is C24H27BrN4O2S. The number of rotatable bonds is 11. The zero-order valence-electron chi connectivity index (χ0n) is 18.1. The Hall–Kier alpha value is -2.58. The van der Waals surface area contributed by atoms with E-state index in [1.807, 2.05) is 54.6 Å². The third kappa shape index (κ3) is 7.53. The van der Waals surface area contributed by atoms with Crippen molar-refractivity contribution in [2.24, 2.45) is 0 Å². The molecule has 0 spiro atoms. The predicted molar refractivity (Wildman–Crippen MR) is 132 cm³/mol. The highest BCUT2D eigenvalue weighted by atomic mass is 79.9. The van der Waals surface area contributed by atoms with E-state index in [9.17, 15) is 9.59 Å². The van der Waals surface area contributed by atoms with Crippen LogP contribution < -0.4 is 5.32 Å². The minimum atomic E-state index is -0.179. The standard InChI is InChI=1S/C24H27BrN4O2S/c1-2-3-5-13-22(31)29(17-18-9-6-4-7-10-18)15-14-21(30)26-24-28-27-23(32-24)19-11-8-12-20(25)16-19/h4,6-12,16H,2-3,5,13-15,17H2,1H3,(H,26,28,30). The fraction of sp³-hybridized carbons (Fsp3) is 0.333. The number of carbonyl (C=O) groups excluding carboxylic acids is 2. The summed E-state index contributed by atoms with van der Waals surface area (Å²) in [4.78, 5) is 27.1. The highest BCUT2D eigenvalue weighted by molar-refractivity contribution is 9.10. The van der Waals surface area contributed by atoms with Gasteiger partial charge in [-0.2, -0.15) is 0 Å². The number of unbranched alkanes of at least 4 members (excludes halogenated alkanes) is 2. The number of hydrogen-bond donors (Lipinski definition) is 1. The number of nitrogens with zero attached hydrogens (tertiary/aromatic N) is 3. The van der Waals surface area contributed by atoms with E-state index in [2.05, 4.69) is 38.4 Å². The molecule has 3 aromatic rings. The summed E-state index contributed by atoms with van der Waals surface area (Å²) in [7, 11) is 0. The first-order chi connectivity index (χ1) is 15.5. The second-order valence-corrected chi connectivity index (χ2v) is 9.37. The summed E-state index contributed by atoms with van der Waals surface area (Å²) in [5.41, 5.74) is 1.99. The molecule has 0 saturated heterocycles. The summed E-state index contributed by atoms with van der Waals surface area (Å²) in [6.45, 7) is 2.99. The molecule has 0 aliphatic heterocycles.